The molecule has 2 aliphatic heterocycles. The molecule has 0 radical (unpaired) electrons. The minimum Gasteiger partial charge on any atom is -0.341 e. The summed E-state index contributed by atoms with van der Waals surface area (Å²) in [4.78, 5) is 42.9. The Hall–Kier alpha value is -2.44. The Kier molecular flexibility index (Phi) is 6.31. The monoisotopic (exact) mass is 389 g/mol. The van der Waals surface area contributed by atoms with Crippen LogP contribution in [0.15, 0.2) is 24.3 Å². The second-order valence-electron chi connectivity index (χ2n) is 7.90. The summed E-state index contributed by atoms with van der Waals surface area (Å²) in [5, 5.41) is 0. The number of nitrogens with zero attached hydrogens (tertiary/aromatic N) is 3. The lowest BCUT2D eigenvalue weighted by molar-refractivity contribution is -0.136. The molecule has 7 heteroatoms. The highest BCUT2D eigenvalue weighted by Crippen LogP contribution is 2.23. The Labute approximate surface area is 165 Å². The van der Waals surface area contributed by atoms with E-state index in [1.165, 1.54) is 12.1 Å². The average Bonchev–Trinajstić information content (AvgIpc) is 2.89. The fraction of sp³-hybridized carbons (Fsp3) is 0.571. The zero-order chi connectivity index (χ0) is 20.3. The first-order chi connectivity index (χ1) is 13.3. The number of amides is 3. The second kappa shape index (κ2) is 8.71. The van der Waals surface area contributed by atoms with Gasteiger partial charge in [0.1, 0.15) is 5.82 Å². The number of benzene rings is 1. The third kappa shape index (κ3) is 4.69. The number of halogens is 1. The summed E-state index contributed by atoms with van der Waals surface area (Å²) < 4.78 is 13.0. The molecule has 1 unspecified atom stereocenters. The lowest BCUT2D eigenvalue weighted by Crippen LogP contribution is -2.41. The summed E-state index contributed by atoms with van der Waals surface area (Å²) in [5.74, 6) is -0.551. The van der Waals surface area contributed by atoms with Crippen molar-refractivity contribution in [3.8, 4) is 0 Å². The van der Waals surface area contributed by atoms with Crippen LogP contribution in [0.3, 0.4) is 0 Å². The molecular weight excluding hydrogens is 361 g/mol. The summed E-state index contributed by atoms with van der Waals surface area (Å²) in [6, 6.07) is 6.06. The Morgan fingerprint density at radius 3 is 2.36 bits per heavy atom. The SMILES string of the molecule is CC(C)N1CC(C(=O)N2CCCN(C(=O)Cc3ccc(F)cc3)CC2)CC1=O. The fourth-order valence-electron chi connectivity index (χ4n) is 3.93. The largest absolute Gasteiger partial charge is 0.341 e. The summed E-state index contributed by atoms with van der Waals surface area (Å²) in [6.45, 7) is 6.58. The van der Waals surface area contributed by atoms with Crippen LogP contribution in [0.1, 0.15) is 32.3 Å². The first-order valence-electron chi connectivity index (χ1n) is 9.95. The summed E-state index contributed by atoms with van der Waals surface area (Å²) >= 11 is 0. The highest BCUT2D eigenvalue weighted by molar-refractivity contribution is 5.89. The molecule has 0 saturated carbocycles. The Balaban J connectivity index is 1.54. The van der Waals surface area contributed by atoms with Crippen LogP contribution < -0.4 is 0 Å². The molecule has 2 heterocycles. The Morgan fingerprint density at radius 1 is 1.07 bits per heavy atom. The molecule has 0 aliphatic carbocycles. The van der Waals surface area contributed by atoms with Gasteiger partial charge in [-0.3, -0.25) is 14.4 Å². The van der Waals surface area contributed by atoms with Crippen molar-refractivity contribution in [1.29, 1.82) is 0 Å². The number of carbonyl (C=O) groups excluding carboxylic acids is 3. The molecule has 1 aromatic carbocycles. The maximum Gasteiger partial charge on any atom is 0.228 e. The summed E-state index contributed by atoms with van der Waals surface area (Å²) in [7, 11) is 0. The van der Waals surface area contributed by atoms with Crippen molar-refractivity contribution in [3.05, 3.63) is 35.6 Å². The molecule has 28 heavy (non-hydrogen) atoms. The normalized spacial score (nSPS) is 20.6. The van der Waals surface area contributed by atoms with Gasteiger partial charge in [0.15, 0.2) is 0 Å². The number of carbonyl (C=O) groups is 3. The van der Waals surface area contributed by atoms with Gasteiger partial charge < -0.3 is 14.7 Å². The minimum atomic E-state index is -0.318. The second-order valence-corrected chi connectivity index (χ2v) is 7.90. The van der Waals surface area contributed by atoms with Crippen LogP contribution in [0, 0.1) is 11.7 Å². The molecule has 0 bridgehead atoms. The lowest BCUT2D eigenvalue weighted by atomic mass is 10.1. The van der Waals surface area contributed by atoms with Crippen molar-refractivity contribution in [2.45, 2.75) is 39.2 Å². The highest BCUT2D eigenvalue weighted by atomic mass is 19.1. The van der Waals surface area contributed by atoms with E-state index in [-0.39, 0.29) is 48.3 Å². The van der Waals surface area contributed by atoms with Gasteiger partial charge >= 0.3 is 0 Å². The molecule has 2 fully saturated rings. The third-order valence-electron chi connectivity index (χ3n) is 5.56. The van der Waals surface area contributed by atoms with Gasteiger partial charge in [-0.1, -0.05) is 12.1 Å². The number of hydrogen-bond donors (Lipinski definition) is 0. The third-order valence-corrected chi connectivity index (χ3v) is 5.56. The van der Waals surface area contributed by atoms with Crippen molar-refractivity contribution >= 4 is 17.7 Å². The summed E-state index contributed by atoms with van der Waals surface area (Å²) in [6.07, 6.45) is 1.23. The topological polar surface area (TPSA) is 60.9 Å². The molecule has 6 nitrogen and oxygen atoms in total. The summed E-state index contributed by atoms with van der Waals surface area (Å²) in [5.41, 5.74) is 0.779. The van der Waals surface area contributed by atoms with E-state index in [1.807, 2.05) is 13.8 Å². The maximum absolute atomic E-state index is 13.0. The van der Waals surface area contributed by atoms with E-state index in [0.29, 0.717) is 32.7 Å². The predicted octanol–water partition coefficient (Wildman–Crippen LogP) is 1.69. The van der Waals surface area contributed by atoms with E-state index in [2.05, 4.69) is 0 Å². The molecule has 1 atom stereocenters. The molecule has 2 saturated heterocycles. The standard InChI is InChI=1S/C21H28FN3O3/c1-15(2)25-14-17(13-20(25)27)21(28)24-9-3-8-23(10-11-24)19(26)12-16-4-6-18(22)7-5-16/h4-7,15,17H,3,8-14H2,1-2H3. The number of rotatable bonds is 4. The van der Waals surface area contributed by atoms with Crippen LogP contribution in [0.5, 0.6) is 0 Å². The van der Waals surface area contributed by atoms with E-state index in [0.717, 1.165) is 12.0 Å². The molecule has 3 amide bonds. The first kappa shape index (κ1) is 20.3. The zero-order valence-corrected chi connectivity index (χ0v) is 16.6. The van der Waals surface area contributed by atoms with Gasteiger partial charge in [0.2, 0.25) is 17.7 Å². The fourth-order valence-corrected chi connectivity index (χ4v) is 3.93. The van der Waals surface area contributed by atoms with Gasteiger partial charge in [0.25, 0.3) is 0 Å². The van der Waals surface area contributed by atoms with E-state index in [4.69, 9.17) is 0 Å². The first-order valence-corrected chi connectivity index (χ1v) is 9.95. The molecule has 0 aromatic heterocycles. The van der Waals surface area contributed by atoms with Crippen LogP contribution in [0.25, 0.3) is 0 Å². The molecular formula is C21H28FN3O3. The van der Waals surface area contributed by atoms with Gasteiger partial charge in [0, 0.05) is 45.2 Å². The average molecular weight is 389 g/mol. The minimum absolute atomic E-state index is 0.0112. The van der Waals surface area contributed by atoms with Crippen LogP contribution in [-0.4, -0.2) is 71.2 Å². The van der Waals surface area contributed by atoms with E-state index in [9.17, 15) is 18.8 Å². The van der Waals surface area contributed by atoms with Crippen molar-refractivity contribution in [1.82, 2.24) is 14.7 Å². The number of likely N-dealkylation sites (tertiary alicyclic amines) is 1. The van der Waals surface area contributed by atoms with Crippen LogP contribution in [0.4, 0.5) is 4.39 Å². The van der Waals surface area contributed by atoms with Gasteiger partial charge in [-0.05, 0) is 38.0 Å². The van der Waals surface area contributed by atoms with Crippen molar-refractivity contribution in [2.75, 3.05) is 32.7 Å². The van der Waals surface area contributed by atoms with Gasteiger partial charge in [-0.15, -0.1) is 0 Å². The van der Waals surface area contributed by atoms with Crippen LogP contribution in [-0.2, 0) is 20.8 Å². The zero-order valence-electron chi connectivity index (χ0n) is 16.6. The van der Waals surface area contributed by atoms with Gasteiger partial charge in [0.05, 0.1) is 12.3 Å². The molecule has 0 N–H and O–H groups in total. The van der Waals surface area contributed by atoms with Crippen molar-refractivity contribution in [2.24, 2.45) is 5.92 Å². The molecule has 2 aliphatic rings. The Morgan fingerprint density at radius 2 is 1.71 bits per heavy atom. The van der Waals surface area contributed by atoms with E-state index >= 15 is 0 Å². The van der Waals surface area contributed by atoms with E-state index in [1.54, 1.807) is 26.8 Å². The van der Waals surface area contributed by atoms with Crippen LogP contribution in [0.2, 0.25) is 0 Å². The highest BCUT2D eigenvalue weighted by Gasteiger charge is 2.37. The molecule has 152 valence electrons. The molecule has 1 aromatic rings. The van der Waals surface area contributed by atoms with Gasteiger partial charge in [-0.2, -0.15) is 0 Å². The smallest absolute Gasteiger partial charge is 0.228 e. The van der Waals surface area contributed by atoms with E-state index < -0.39 is 0 Å². The Bertz CT molecular complexity index is 735. The van der Waals surface area contributed by atoms with Crippen LogP contribution >= 0.6 is 0 Å². The maximum atomic E-state index is 13.0. The lowest BCUT2D eigenvalue weighted by Gasteiger charge is -2.25. The molecule has 3 rings (SSSR count). The molecule has 0 spiro atoms. The number of hydrogen-bond acceptors (Lipinski definition) is 3. The predicted molar refractivity (Wildman–Crippen MR) is 103 cm³/mol. The van der Waals surface area contributed by atoms with Crippen molar-refractivity contribution < 1.29 is 18.8 Å². The quantitative estimate of drug-likeness (QED) is 0.787. The van der Waals surface area contributed by atoms with Crippen molar-refractivity contribution in [3.63, 3.8) is 0 Å². The van der Waals surface area contributed by atoms with Gasteiger partial charge in [-0.25, -0.2) is 4.39 Å².